The number of likely N-dealkylation sites (tertiary alicyclic amines) is 1. The topological polar surface area (TPSA) is 125 Å². The molecule has 0 spiro atoms. The number of rotatable bonds is 10. The molecular weight excluding hydrogens is 478 g/mol. The second-order valence-corrected chi connectivity index (χ2v) is 9.21. The van der Waals surface area contributed by atoms with Crippen LogP contribution in [0.25, 0.3) is 5.76 Å². The van der Waals surface area contributed by atoms with Crippen molar-refractivity contribution >= 4 is 23.4 Å². The molecule has 1 unspecified atom stereocenters. The highest BCUT2D eigenvalue weighted by molar-refractivity contribution is 6.46. The van der Waals surface area contributed by atoms with Crippen molar-refractivity contribution in [2.75, 3.05) is 48.0 Å². The Morgan fingerprint density at radius 3 is 2.46 bits per heavy atom. The number of para-hydroxylation sites is 1. The van der Waals surface area contributed by atoms with Crippen molar-refractivity contribution < 1.29 is 38.6 Å². The van der Waals surface area contributed by atoms with Crippen LogP contribution in [0.15, 0.2) is 23.8 Å². The fraction of sp³-hybridized carbons (Fsp3) is 0.444. The Kier molecular flexibility index (Phi) is 8.65. The number of aryl methyl sites for hydroxylation is 1. The maximum absolute atomic E-state index is 14.0. The van der Waals surface area contributed by atoms with Crippen molar-refractivity contribution in [1.29, 1.82) is 0 Å². The monoisotopic (exact) mass is 513 g/mol. The molecule has 200 valence electrons. The van der Waals surface area contributed by atoms with Gasteiger partial charge in [0.25, 0.3) is 5.91 Å². The number of carbonyl (C=O) groups excluding carboxylic acids is 3. The van der Waals surface area contributed by atoms with Crippen LogP contribution in [0.1, 0.15) is 52.3 Å². The number of Topliss-reactive ketones (excluding diaryl/α,β-unsaturated/α-hetero) is 1. The smallest absolute Gasteiger partial charge is 0.355 e. The Labute approximate surface area is 216 Å². The van der Waals surface area contributed by atoms with Crippen LogP contribution in [0.2, 0.25) is 0 Å². The molecule has 10 heteroatoms. The van der Waals surface area contributed by atoms with Crippen LogP contribution in [-0.2, 0) is 14.3 Å². The van der Waals surface area contributed by atoms with E-state index in [1.54, 1.807) is 39.0 Å². The van der Waals surface area contributed by atoms with Crippen LogP contribution in [0.4, 0.5) is 0 Å². The first-order valence-corrected chi connectivity index (χ1v) is 12.2. The van der Waals surface area contributed by atoms with Gasteiger partial charge >= 0.3 is 5.97 Å². The third kappa shape index (κ3) is 5.20. The molecule has 0 saturated carbocycles. The van der Waals surface area contributed by atoms with Gasteiger partial charge in [-0.05, 0) is 38.0 Å². The molecule has 3 rings (SSSR count). The zero-order valence-electron chi connectivity index (χ0n) is 22.4. The van der Waals surface area contributed by atoms with Gasteiger partial charge in [-0.15, -0.1) is 0 Å². The van der Waals surface area contributed by atoms with Crippen LogP contribution >= 0.6 is 0 Å². The number of aromatic amines is 1. The number of hydrogen-bond donors (Lipinski definition) is 2. The first-order chi connectivity index (χ1) is 17.6. The van der Waals surface area contributed by atoms with E-state index < -0.39 is 29.5 Å². The lowest BCUT2D eigenvalue weighted by atomic mass is 9.93. The molecule has 2 N–H and O–H groups in total. The molecule has 2 heterocycles. The minimum absolute atomic E-state index is 0.140. The van der Waals surface area contributed by atoms with Crippen molar-refractivity contribution in [3.8, 4) is 11.5 Å². The minimum atomic E-state index is -0.977. The molecule has 1 aromatic carbocycles. The summed E-state index contributed by atoms with van der Waals surface area (Å²) in [6.45, 7) is 6.16. The molecule has 0 bridgehead atoms. The summed E-state index contributed by atoms with van der Waals surface area (Å²) in [5.74, 6) is -2.08. The van der Waals surface area contributed by atoms with Crippen LogP contribution in [0, 0.1) is 13.8 Å². The number of hydrogen-bond acceptors (Lipinski definition) is 7. The van der Waals surface area contributed by atoms with Crippen LogP contribution in [0.3, 0.4) is 0 Å². The summed E-state index contributed by atoms with van der Waals surface area (Å²) in [6.07, 6.45) is 0.626. The zero-order chi connectivity index (χ0) is 27.4. The maximum atomic E-state index is 14.0. The highest BCUT2D eigenvalue weighted by Crippen LogP contribution is 2.45. The summed E-state index contributed by atoms with van der Waals surface area (Å²) in [7, 11) is 6.95. The van der Waals surface area contributed by atoms with E-state index in [2.05, 4.69) is 4.98 Å². The number of methoxy groups -OCH3 is 2. The Morgan fingerprint density at radius 1 is 1.16 bits per heavy atom. The highest BCUT2D eigenvalue weighted by atomic mass is 16.5. The molecule has 1 amide bonds. The lowest BCUT2D eigenvalue weighted by Crippen LogP contribution is -3.05. The van der Waals surface area contributed by atoms with Crippen molar-refractivity contribution in [3.05, 3.63) is 51.9 Å². The standard InChI is InChI=1S/C27H35N3O7/c1-8-37-27(34)21-15(2)19(16(3)28-21)23(31)20-22(17-11-9-12-18(35-6)25(17)36-7)30(26(33)24(20)32)14-10-13-29(4)5/h9,11-12,22,28,31H,8,10,13-14H2,1-7H3/b23-20+. The fourth-order valence-corrected chi connectivity index (χ4v) is 4.79. The second-order valence-electron chi connectivity index (χ2n) is 9.21. The summed E-state index contributed by atoms with van der Waals surface area (Å²) in [5, 5.41) is 14.0. The van der Waals surface area contributed by atoms with E-state index in [9.17, 15) is 19.5 Å². The SMILES string of the molecule is CCOC(=O)c1[nH]c(C)c(/C([O-])=C2\C(=O)C(=O)N(CCC[NH+](C)C)C2c2cccc(OC)c2OC)c1C. The molecule has 1 aromatic heterocycles. The van der Waals surface area contributed by atoms with E-state index in [1.165, 1.54) is 24.0 Å². The number of carbonyl (C=O) groups is 3. The molecule has 1 aliphatic rings. The summed E-state index contributed by atoms with van der Waals surface area (Å²) in [4.78, 5) is 44.6. The molecule has 2 aromatic rings. The van der Waals surface area contributed by atoms with Gasteiger partial charge in [0.05, 0.1) is 47.5 Å². The molecule has 1 aliphatic heterocycles. The zero-order valence-corrected chi connectivity index (χ0v) is 22.4. The predicted octanol–water partition coefficient (Wildman–Crippen LogP) is 0.584. The first kappa shape index (κ1) is 27.8. The number of ketones is 1. The Hall–Kier alpha value is -3.79. The van der Waals surface area contributed by atoms with Gasteiger partial charge in [0.1, 0.15) is 5.69 Å². The average molecular weight is 514 g/mol. The van der Waals surface area contributed by atoms with Crippen molar-refractivity contribution in [2.24, 2.45) is 0 Å². The number of benzene rings is 1. The average Bonchev–Trinajstić information content (AvgIpc) is 3.30. The molecule has 1 saturated heterocycles. The van der Waals surface area contributed by atoms with Gasteiger partial charge in [0.2, 0.25) is 5.78 Å². The number of H-pyrrole nitrogens is 1. The van der Waals surface area contributed by atoms with Crippen LogP contribution < -0.4 is 19.5 Å². The molecule has 10 nitrogen and oxygen atoms in total. The van der Waals surface area contributed by atoms with Crippen LogP contribution in [0.5, 0.6) is 11.5 Å². The number of amides is 1. The number of quaternary nitrogens is 1. The van der Waals surface area contributed by atoms with Gasteiger partial charge in [-0.2, -0.15) is 0 Å². The van der Waals surface area contributed by atoms with Gasteiger partial charge in [-0.3, -0.25) is 9.59 Å². The Balaban J connectivity index is 2.26. The predicted molar refractivity (Wildman–Crippen MR) is 134 cm³/mol. The molecule has 0 radical (unpaired) electrons. The van der Waals surface area contributed by atoms with E-state index in [-0.39, 0.29) is 30.0 Å². The Morgan fingerprint density at radius 2 is 1.86 bits per heavy atom. The maximum Gasteiger partial charge on any atom is 0.355 e. The molecular formula is C27H35N3O7. The Bertz CT molecular complexity index is 1230. The van der Waals surface area contributed by atoms with E-state index >= 15 is 0 Å². The van der Waals surface area contributed by atoms with Gasteiger partial charge in [-0.1, -0.05) is 17.9 Å². The third-order valence-corrected chi connectivity index (χ3v) is 6.48. The van der Waals surface area contributed by atoms with Gasteiger partial charge in [0.15, 0.2) is 11.5 Å². The molecule has 1 fully saturated rings. The molecule has 37 heavy (non-hydrogen) atoms. The highest BCUT2D eigenvalue weighted by Gasteiger charge is 2.45. The number of ether oxygens (including phenoxy) is 3. The minimum Gasteiger partial charge on any atom is -0.872 e. The summed E-state index contributed by atoms with van der Waals surface area (Å²) in [5.41, 5.74) is 1.36. The second kappa shape index (κ2) is 11.5. The quantitative estimate of drug-likeness (QED) is 0.206. The number of aromatic nitrogens is 1. The van der Waals surface area contributed by atoms with Gasteiger partial charge in [-0.25, -0.2) is 4.79 Å². The van der Waals surface area contributed by atoms with E-state index in [0.29, 0.717) is 34.7 Å². The lowest BCUT2D eigenvalue weighted by Gasteiger charge is -2.29. The number of nitrogens with one attached hydrogen (secondary N) is 2. The third-order valence-electron chi connectivity index (χ3n) is 6.48. The van der Waals surface area contributed by atoms with Crippen LogP contribution in [-0.4, -0.2) is 75.6 Å². The molecule has 1 atom stereocenters. The van der Waals surface area contributed by atoms with Gasteiger partial charge in [0, 0.05) is 29.8 Å². The lowest BCUT2D eigenvalue weighted by molar-refractivity contribution is -0.858. The summed E-state index contributed by atoms with van der Waals surface area (Å²) >= 11 is 0. The molecule has 0 aliphatic carbocycles. The number of nitrogens with zero attached hydrogens (tertiary/aromatic N) is 1. The largest absolute Gasteiger partial charge is 0.872 e. The van der Waals surface area contributed by atoms with Crippen molar-refractivity contribution in [1.82, 2.24) is 9.88 Å². The van der Waals surface area contributed by atoms with Crippen molar-refractivity contribution in [2.45, 2.75) is 33.2 Å². The van der Waals surface area contributed by atoms with E-state index in [4.69, 9.17) is 14.2 Å². The fourth-order valence-electron chi connectivity index (χ4n) is 4.79. The first-order valence-electron chi connectivity index (χ1n) is 12.2. The van der Waals surface area contributed by atoms with E-state index in [0.717, 1.165) is 6.54 Å². The van der Waals surface area contributed by atoms with Gasteiger partial charge < -0.3 is 34.1 Å². The normalized spacial score (nSPS) is 17.0. The summed E-state index contributed by atoms with van der Waals surface area (Å²) in [6, 6.07) is 4.17. The van der Waals surface area contributed by atoms with E-state index in [1.807, 2.05) is 14.1 Å². The van der Waals surface area contributed by atoms with Crippen molar-refractivity contribution in [3.63, 3.8) is 0 Å². The summed E-state index contributed by atoms with van der Waals surface area (Å²) < 4.78 is 16.2. The number of esters is 1.